The van der Waals surface area contributed by atoms with Crippen LogP contribution in [-0.4, -0.2) is 265 Å². The lowest BCUT2D eigenvalue weighted by atomic mass is 9.84. The van der Waals surface area contributed by atoms with Gasteiger partial charge in [0.25, 0.3) is 12.4 Å². The highest BCUT2D eigenvalue weighted by Crippen LogP contribution is 2.34. The van der Waals surface area contributed by atoms with Crippen LogP contribution in [-0.2, 0) is 118 Å². The Morgan fingerprint density at radius 2 is 1.04 bits per heavy atom. The number of para-hydroxylation sites is 2. The van der Waals surface area contributed by atoms with Crippen LogP contribution >= 0.6 is 11.8 Å². The van der Waals surface area contributed by atoms with Crippen LogP contribution in [0.25, 0.3) is 21.8 Å². The van der Waals surface area contributed by atoms with Crippen molar-refractivity contribution >= 4 is 134 Å². The summed E-state index contributed by atoms with van der Waals surface area (Å²) in [5.41, 5.74) is 7.93. The molecule has 9 rings (SSSR count). The Kier molecular flexibility index (Phi) is 40.6. The van der Waals surface area contributed by atoms with Crippen LogP contribution in [0.1, 0.15) is 145 Å². The number of hydrogen-bond donors (Lipinski definition) is 12. The first-order valence-electron chi connectivity index (χ1n) is 46.2. The number of thioether (sulfide) groups is 1. The van der Waals surface area contributed by atoms with Gasteiger partial charge in [-0.2, -0.15) is 11.8 Å². The van der Waals surface area contributed by atoms with E-state index in [1.54, 1.807) is 113 Å². The standard InChI is InChI=1S/C101H123F3N14O21S/c1-11-12-26-83-100(137)114(6)53-67(122)48-64(54-139-56-119)86(124)50-70(58(4)5)97(134)117(9)84(47-59-20-14-13-15-21-59)96(133)112-80(45-61-29-33-66(121)34-30-61)98(135)115(7)82(35-38-89(127)128)95(132)111-78(49-63-51-106-74-24-18-16-22-68(63)74)94(131)110-77(44-60-27-31-65(120)32-28-60)93(130)109-76(41-57(2)3)92(129)113-81(85(123)36-37-87(105)125)55-140-40-39-88(126)108-79(46-62-42-72(102)90(104)73(103)43-62)99(136)118(10)91(101(138)116(83)8)71-52-107-75-25-19-17-23-69(71)75/h13-25,27-34,42-43,51-52,56-58,64,70,76-84,91,106-107,120-121H,11-12,26,35-41,44-50,53-55H2,1-10H3,(H2,105,125)(H,108,126)(H,109,130)(H,110,131)(H,111,132)(H,112,133)(H,113,129)(H,127,128)/t64-,70-,76-,77-,78-,79-,80-,81-,82+,83-,84-,91-/m0/s1. The van der Waals surface area contributed by atoms with Crippen LogP contribution in [0.2, 0.25) is 0 Å². The number of phenols is 2. The normalized spacial score (nSPS) is 21.9. The molecule has 0 unspecified atom stereocenters. The zero-order valence-corrected chi connectivity index (χ0v) is 80.6. The number of carboxylic acids is 1. The molecule has 13 N–H and O–H groups in total. The fraction of sp³-hybridized carbons (Fsp3) is 0.436. The number of H-pyrrole nitrogens is 2. The lowest BCUT2D eigenvalue weighted by molar-refractivity contribution is -0.151. The predicted octanol–water partition coefficient (Wildman–Crippen LogP) is 7.09. The van der Waals surface area contributed by atoms with Crippen molar-refractivity contribution in [3.63, 3.8) is 0 Å². The second-order valence-electron chi connectivity index (χ2n) is 36.1. The van der Waals surface area contributed by atoms with E-state index < -0.39 is 267 Å². The monoisotopic (exact) mass is 1960 g/mol. The predicted molar refractivity (Wildman–Crippen MR) is 513 cm³/mol. The molecule has 0 saturated carbocycles. The summed E-state index contributed by atoms with van der Waals surface area (Å²) >= 11 is 0.912. The third kappa shape index (κ3) is 30.6. The van der Waals surface area contributed by atoms with Crippen molar-refractivity contribution in [2.75, 3.05) is 59.9 Å². The first-order chi connectivity index (χ1) is 66.6. The first-order valence-corrected chi connectivity index (χ1v) is 47.4. The van der Waals surface area contributed by atoms with E-state index in [9.17, 15) is 53.3 Å². The second kappa shape index (κ2) is 51.9. The van der Waals surface area contributed by atoms with Gasteiger partial charge in [0.05, 0.1) is 18.5 Å². The Morgan fingerprint density at radius 1 is 0.529 bits per heavy atom. The summed E-state index contributed by atoms with van der Waals surface area (Å²) in [7, 11) is 6.22. The first kappa shape index (κ1) is 109. The zero-order valence-electron chi connectivity index (χ0n) is 79.8. The lowest BCUT2D eigenvalue weighted by Gasteiger charge is -2.37. The number of hydrogen-bond acceptors (Lipinski definition) is 21. The van der Waals surface area contributed by atoms with Gasteiger partial charge in [-0.15, -0.1) is 0 Å². The highest BCUT2D eigenvalue weighted by Gasteiger charge is 2.44. The number of aromatic amines is 2. The summed E-state index contributed by atoms with van der Waals surface area (Å²) in [4.78, 5) is 262. The molecule has 6 aromatic carbocycles. The molecule has 12 amide bonds. The van der Waals surface area contributed by atoms with Crippen molar-refractivity contribution in [2.45, 2.75) is 198 Å². The Morgan fingerprint density at radius 3 is 1.64 bits per heavy atom. The van der Waals surface area contributed by atoms with E-state index >= 15 is 56.7 Å². The largest absolute Gasteiger partial charge is 0.508 e. The van der Waals surface area contributed by atoms with Crippen molar-refractivity contribution in [2.24, 2.45) is 29.4 Å². The van der Waals surface area contributed by atoms with Crippen LogP contribution in [0.15, 0.2) is 152 Å². The fourth-order valence-electron chi connectivity index (χ4n) is 17.0. The van der Waals surface area contributed by atoms with E-state index in [0.29, 0.717) is 69.0 Å². The summed E-state index contributed by atoms with van der Waals surface area (Å²) in [6.07, 6.45) is -2.90. The minimum atomic E-state index is -1.85. The molecule has 3 heterocycles. The number of fused-ring (bicyclic) bond motifs is 2. The molecule has 0 bridgehead atoms. The van der Waals surface area contributed by atoms with E-state index in [4.69, 9.17) is 10.5 Å². The lowest BCUT2D eigenvalue weighted by Crippen LogP contribution is -2.61. The molecule has 1 fully saturated rings. The third-order valence-corrected chi connectivity index (χ3v) is 25.9. The van der Waals surface area contributed by atoms with E-state index in [1.807, 2.05) is 6.92 Å². The number of primary amides is 1. The molecule has 8 aromatic rings. The van der Waals surface area contributed by atoms with Crippen LogP contribution in [0.3, 0.4) is 0 Å². The number of carboxylic acid groups (broad SMARTS) is 1. The summed E-state index contributed by atoms with van der Waals surface area (Å²) in [5.74, 6) is -25.3. The number of nitrogens with one attached hydrogen (secondary N) is 8. The molecular weight excluding hydrogens is 1830 g/mol. The van der Waals surface area contributed by atoms with E-state index in [0.717, 1.165) is 43.3 Å². The number of halogens is 3. The second-order valence-corrected chi connectivity index (χ2v) is 37.2. The molecular formula is C101H123F3N14O21S. The number of carbonyl (C=O) groups is 17. The maximum absolute atomic E-state index is 15.9. The van der Waals surface area contributed by atoms with Gasteiger partial charge in [0.15, 0.2) is 29.0 Å². The molecule has 140 heavy (non-hydrogen) atoms. The van der Waals surface area contributed by atoms with Gasteiger partial charge in [0.1, 0.15) is 78.3 Å². The number of carbonyl (C=O) groups excluding carboxylic acids is 16. The number of likely N-dealkylation sites (N-methyl/N-ethyl adjacent to an activating group) is 5. The number of amides is 12. The van der Waals surface area contributed by atoms with Gasteiger partial charge in [0, 0.05) is 163 Å². The number of Topliss-reactive ketones (excluding diaryl/α,β-unsaturated/α-hetero) is 3. The topological polar surface area (TPSA) is 506 Å². The molecule has 2 aromatic heterocycles. The van der Waals surface area contributed by atoms with Gasteiger partial charge >= 0.3 is 5.97 Å². The van der Waals surface area contributed by atoms with E-state index in [2.05, 4.69) is 41.9 Å². The molecule has 1 aliphatic heterocycles. The van der Waals surface area contributed by atoms with E-state index in [-0.39, 0.29) is 72.7 Å². The van der Waals surface area contributed by atoms with Crippen LogP contribution in [0.5, 0.6) is 11.5 Å². The van der Waals surface area contributed by atoms with Gasteiger partial charge in [-0.25, -0.2) is 13.2 Å². The molecule has 750 valence electrons. The van der Waals surface area contributed by atoms with Crippen LogP contribution < -0.4 is 37.6 Å². The minimum Gasteiger partial charge on any atom is -0.508 e. The average molecular weight is 1960 g/mol. The van der Waals surface area contributed by atoms with Gasteiger partial charge < -0.3 is 92.2 Å². The Bertz CT molecular complexity index is 5740. The molecule has 12 atom stereocenters. The van der Waals surface area contributed by atoms with Crippen LogP contribution in [0.4, 0.5) is 13.2 Å². The number of unbranched alkanes of at least 4 members (excludes halogenated alkanes) is 1. The van der Waals surface area contributed by atoms with Gasteiger partial charge in [0.2, 0.25) is 65.0 Å². The average Bonchev–Trinajstić information content (AvgIpc) is 1.72. The molecule has 0 spiro atoms. The molecule has 1 aliphatic rings. The molecule has 39 heteroatoms. The number of nitrogens with two attached hydrogens (primary N) is 1. The number of aromatic nitrogens is 2. The summed E-state index contributed by atoms with van der Waals surface area (Å²) in [6.45, 7) is 7.09. The van der Waals surface area contributed by atoms with E-state index in [1.165, 1.54) is 82.9 Å². The Hall–Kier alpha value is -14.3. The highest BCUT2D eigenvalue weighted by atomic mass is 32.2. The number of ether oxygens (including phenoxy) is 1. The van der Waals surface area contributed by atoms with Gasteiger partial charge in [-0.05, 0) is 107 Å². The highest BCUT2D eigenvalue weighted by molar-refractivity contribution is 7.99. The SMILES string of the molecule is CCCC[C@H]1C(=O)N(C)CC(=O)C[C@@H](COC=O)C(=O)C[C@@H](C(C)C)C(=O)N(C)[C@@H](Cc2ccccc2)C(=O)N[C@@H](Cc2ccc(O)cc2)C(=O)N(C)[C@H](CCC(=O)O)C(=O)N[C@@H](Cc2c[nH]c3ccccc23)C(=O)N[C@@H](Cc2ccc(O)cc2)C(=O)N[C@@H](CC(C)C)C(=O)N[C@H](C(=O)CCC(N)=O)CSCCC(=O)N[C@@H](Cc2cc(F)c(F)c(F)c2)C(=O)N(C)[C@@H](c2c[nH]c3ccccc23)C(=O)N1C. The van der Waals surface area contributed by atoms with Crippen molar-refractivity contribution in [3.05, 3.63) is 203 Å². The smallest absolute Gasteiger partial charge is 0.303 e. The minimum absolute atomic E-state index is 0.0430. The number of benzene rings is 6. The fourth-order valence-corrected chi connectivity index (χ4v) is 18.0. The van der Waals surface area contributed by atoms with Crippen molar-refractivity contribution in [1.82, 2.24) is 66.4 Å². The quantitative estimate of drug-likeness (QED) is 0.0180. The van der Waals surface area contributed by atoms with Crippen LogP contribution in [0, 0.1) is 41.1 Å². The Labute approximate surface area is 812 Å². The van der Waals surface area contributed by atoms with Crippen molar-refractivity contribution < 1.29 is 115 Å². The van der Waals surface area contributed by atoms with Crippen molar-refractivity contribution in [3.8, 4) is 11.5 Å². The molecule has 35 nitrogen and oxygen atoms in total. The van der Waals surface area contributed by atoms with Crippen molar-refractivity contribution in [1.29, 1.82) is 0 Å². The zero-order chi connectivity index (χ0) is 102. The number of ketones is 3. The van der Waals surface area contributed by atoms with Gasteiger partial charge in [-0.3, -0.25) is 81.5 Å². The third-order valence-electron chi connectivity index (χ3n) is 24.9. The number of rotatable bonds is 27. The number of nitrogens with zero attached hydrogens (tertiary/aromatic N) is 5. The summed E-state index contributed by atoms with van der Waals surface area (Å²) < 4.78 is 50.4. The van der Waals surface area contributed by atoms with Gasteiger partial charge in [-0.1, -0.05) is 138 Å². The summed E-state index contributed by atoms with van der Waals surface area (Å²) in [6, 6.07) is 17.5. The molecule has 0 aliphatic carbocycles. The molecule has 1 saturated heterocycles. The Balaban J connectivity index is 1.15. The maximum Gasteiger partial charge on any atom is 0.303 e. The number of aliphatic carboxylic acids is 1. The maximum atomic E-state index is 15.9. The molecule has 0 radical (unpaired) electrons. The number of aromatic hydroxyl groups is 2. The number of phenolic OH excluding ortho intramolecular Hbond substituents is 2. The summed E-state index contributed by atoms with van der Waals surface area (Å²) in [5, 5.41) is 48.5.